The number of hydrogen-bond donors (Lipinski definition) is 3. The van der Waals surface area contributed by atoms with Crippen LogP contribution in [0.15, 0.2) is 0 Å². The highest BCUT2D eigenvalue weighted by Gasteiger charge is 2.17. The Morgan fingerprint density at radius 2 is 2.25 bits per heavy atom. The van der Waals surface area contributed by atoms with Crippen molar-refractivity contribution in [1.29, 1.82) is 0 Å². The Kier molecular flexibility index (Phi) is 5.17. The molecule has 0 aromatic heterocycles. The minimum atomic E-state index is -3.43. The lowest BCUT2D eigenvalue weighted by molar-refractivity contribution is -0.136. The van der Waals surface area contributed by atoms with Crippen LogP contribution in [0, 0.1) is 5.92 Å². The van der Waals surface area contributed by atoms with Crippen molar-refractivity contribution in [2.75, 3.05) is 25.4 Å². The second-order valence-electron chi connectivity index (χ2n) is 4.02. The Morgan fingerprint density at radius 3 is 2.81 bits per heavy atom. The number of carboxylic acid groups (broad SMARTS) is 1. The van der Waals surface area contributed by atoms with Gasteiger partial charge in [0.05, 0.1) is 12.2 Å². The summed E-state index contributed by atoms with van der Waals surface area (Å²) in [5, 5.41) is 11.6. The molecule has 0 bridgehead atoms. The molecule has 1 fully saturated rings. The molecule has 94 valence electrons. The topological polar surface area (TPSA) is 95.5 Å². The molecule has 0 aliphatic carbocycles. The van der Waals surface area contributed by atoms with Gasteiger partial charge in [0.25, 0.3) is 0 Å². The number of nitrogens with one attached hydrogen (secondary N) is 2. The molecule has 1 rings (SSSR count). The van der Waals surface area contributed by atoms with Crippen LogP contribution in [0.25, 0.3) is 0 Å². The lowest BCUT2D eigenvalue weighted by Crippen LogP contribution is -2.39. The monoisotopic (exact) mass is 250 g/mol. The molecule has 0 aromatic carbocycles. The highest BCUT2D eigenvalue weighted by Crippen LogP contribution is 2.08. The molecule has 0 spiro atoms. The molecule has 0 radical (unpaired) electrons. The lowest BCUT2D eigenvalue weighted by atomic mass is 10.0. The van der Waals surface area contributed by atoms with Crippen LogP contribution in [0.5, 0.6) is 0 Å². The molecule has 0 saturated carbocycles. The van der Waals surface area contributed by atoms with Gasteiger partial charge >= 0.3 is 5.97 Å². The molecule has 16 heavy (non-hydrogen) atoms. The zero-order chi connectivity index (χ0) is 12.0. The van der Waals surface area contributed by atoms with Crippen molar-refractivity contribution < 1.29 is 18.3 Å². The molecular formula is C9H18N2O4S. The van der Waals surface area contributed by atoms with E-state index in [-0.39, 0.29) is 12.2 Å². The fraction of sp³-hybridized carbons (Fsp3) is 0.889. The van der Waals surface area contributed by atoms with E-state index >= 15 is 0 Å². The van der Waals surface area contributed by atoms with Crippen molar-refractivity contribution in [3.8, 4) is 0 Å². The Labute approximate surface area is 95.5 Å². The molecule has 1 unspecified atom stereocenters. The number of carbonyl (C=O) groups is 1. The van der Waals surface area contributed by atoms with E-state index in [0.29, 0.717) is 12.5 Å². The van der Waals surface area contributed by atoms with Gasteiger partial charge in [-0.1, -0.05) is 0 Å². The van der Waals surface area contributed by atoms with Crippen LogP contribution >= 0.6 is 0 Å². The molecular weight excluding hydrogens is 232 g/mol. The number of hydrogen-bond acceptors (Lipinski definition) is 4. The molecule has 1 aliphatic heterocycles. The molecule has 1 saturated heterocycles. The predicted octanol–water partition coefficient (Wildman–Crippen LogP) is -0.620. The second kappa shape index (κ2) is 6.17. The van der Waals surface area contributed by atoms with Crippen molar-refractivity contribution in [2.45, 2.75) is 19.3 Å². The summed E-state index contributed by atoms with van der Waals surface area (Å²) in [6.45, 7) is 2.21. The molecule has 6 nitrogen and oxygen atoms in total. The van der Waals surface area contributed by atoms with Crippen LogP contribution in [0.1, 0.15) is 19.3 Å². The van der Waals surface area contributed by atoms with Gasteiger partial charge in [-0.05, 0) is 31.8 Å². The van der Waals surface area contributed by atoms with Gasteiger partial charge in [0.2, 0.25) is 10.0 Å². The van der Waals surface area contributed by atoms with E-state index in [0.717, 1.165) is 25.9 Å². The number of piperidine rings is 1. The van der Waals surface area contributed by atoms with Crippen molar-refractivity contribution >= 4 is 16.0 Å². The third kappa shape index (κ3) is 5.43. The maximum atomic E-state index is 11.4. The van der Waals surface area contributed by atoms with Gasteiger partial charge in [-0.25, -0.2) is 13.1 Å². The Bertz CT molecular complexity index is 322. The number of rotatable bonds is 6. The Morgan fingerprint density at radius 1 is 1.50 bits per heavy atom. The quantitative estimate of drug-likeness (QED) is 0.584. The van der Waals surface area contributed by atoms with Gasteiger partial charge in [0.15, 0.2) is 0 Å². The number of aliphatic carboxylic acids is 1. The second-order valence-corrected chi connectivity index (χ2v) is 5.95. The van der Waals surface area contributed by atoms with Gasteiger partial charge in [0.1, 0.15) is 0 Å². The SMILES string of the molecule is O=C(O)CCS(=O)(=O)NCC1CCCNC1. The summed E-state index contributed by atoms with van der Waals surface area (Å²) in [7, 11) is -3.43. The van der Waals surface area contributed by atoms with Gasteiger partial charge in [-0.15, -0.1) is 0 Å². The average Bonchev–Trinajstić information content (AvgIpc) is 2.26. The summed E-state index contributed by atoms with van der Waals surface area (Å²) >= 11 is 0. The number of carboxylic acids is 1. The van der Waals surface area contributed by atoms with E-state index in [1.54, 1.807) is 0 Å². The third-order valence-electron chi connectivity index (χ3n) is 2.58. The van der Waals surface area contributed by atoms with Crippen molar-refractivity contribution in [3.05, 3.63) is 0 Å². The molecule has 1 atom stereocenters. The zero-order valence-electron chi connectivity index (χ0n) is 9.11. The van der Waals surface area contributed by atoms with E-state index in [1.165, 1.54) is 0 Å². The molecule has 0 aromatic rings. The van der Waals surface area contributed by atoms with Crippen LogP contribution in [0.4, 0.5) is 0 Å². The first-order chi connectivity index (χ1) is 7.49. The highest BCUT2D eigenvalue weighted by atomic mass is 32.2. The first-order valence-corrected chi connectivity index (χ1v) is 7.05. The van der Waals surface area contributed by atoms with E-state index in [4.69, 9.17) is 5.11 Å². The van der Waals surface area contributed by atoms with Gasteiger partial charge < -0.3 is 10.4 Å². The molecule has 1 aliphatic rings. The third-order valence-corrected chi connectivity index (χ3v) is 3.92. The van der Waals surface area contributed by atoms with Gasteiger partial charge in [-0.3, -0.25) is 4.79 Å². The first-order valence-electron chi connectivity index (χ1n) is 5.39. The lowest BCUT2D eigenvalue weighted by Gasteiger charge is -2.22. The largest absolute Gasteiger partial charge is 0.481 e. The Hall–Kier alpha value is -0.660. The first kappa shape index (κ1) is 13.4. The minimum Gasteiger partial charge on any atom is -0.481 e. The minimum absolute atomic E-state index is 0.313. The maximum Gasteiger partial charge on any atom is 0.304 e. The summed E-state index contributed by atoms with van der Waals surface area (Å²) in [5.41, 5.74) is 0. The summed E-state index contributed by atoms with van der Waals surface area (Å²) in [4.78, 5) is 10.2. The van der Waals surface area contributed by atoms with Crippen molar-refractivity contribution in [1.82, 2.24) is 10.0 Å². The fourth-order valence-corrected chi connectivity index (χ4v) is 2.71. The summed E-state index contributed by atoms with van der Waals surface area (Å²) in [6, 6.07) is 0. The van der Waals surface area contributed by atoms with Gasteiger partial charge in [0, 0.05) is 6.54 Å². The maximum absolute atomic E-state index is 11.4. The van der Waals surface area contributed by atoms with Crippen LogP contribution in [-0.4, -0.2) is 44.9 Å². The standard InChI is InChI=1S/C9H18N2O4S/c12-9(13)3-5-16(14,15)11-7-8-2-1-4-10-6-8/h8,10-11H,1-7H2,(H,12,13). The van der Waals surface area contributed by atoms with Crippen LogP contribution in [0.2, 0.25) is 0 Å². The normalized spacial score (nSPS) is 21.9. The number of sulfonamides is 1. The molecule has 0 amide bonds. The van der Waals surface area contributed by atoms with Crippen LogP contribution in [0.3, 0.4) is 0 Å². The molecule has 1 heterocycles. The Balaban J connectivity index is 2.26. The summed E-state index contributed by atoms with van der Waals surface area (Å²) in [5.74, 6) is -1.12. The van der Waals surface area contributed by atoms with E-state index in [2.05, 4.69) is 10.0 Å². The van der Waals surface area contributed by atoms with Gasteiger partial charge in [-0.2, -0.15) is 0 Å². The van der Waals surface area contributed by atoms with Crippen molar-refractivity contribution in [2.24, 2.45) is 5.92 Å². The fourth-order valence-electron chi connectivity index (χ4n) is 1.64. The van der Waals surface area contributed by atoms with Crippen LogP contribution in [-0.2, 0) is 14.8 Å². The molecule has 7 heteroatoms. The van der Waals surface area contributed by atoms with Crippen LogP contribution < -0.4 is 10.0 Å². The summed E-state index contributed by atoms with van der Waals surface area (Å²) in [6.07, 6.45) is 1.72. The zero-order valence-corrected chi connectivity index (χ0v) is 9.92. The predicted molar refractivity (Wildman–Crippen MR) is 59.6 cm³/mol. The van der Waals surface area contributed by atoms with E-state index in [1.807, 2.05) is 0 Å². The average molecular weight is 250 g/mol. The smallest absolute Gasteiger partial charge is 0.304 e. The van der Waals surface area contributed by atoms with E-state index < -0.39 is 16.0 Å². The molecule has 3 N–H and O–H groups in total. The summed E-state index contributed by atoms with van der Waals surface area (Å²) < 4.78 is 25.2. The van der Waals surface area contributed by atoms with Crippen molar-refractivity contribution in [3.63, 3.8) is 0 Å². The highest BCUT2D eigenvalue weighted by molar-refractivity contribution is 7.89. The van der Waals surface area contributed by atoms with E-state index in [9.17, 15) is 13.2 Å².